The molecule has 0 saturated heterocycles. The van der Waals surface area contributed by atoms with Crippen molar-refractivity contribution in [1.82, 2.24) is 0 Å². The number of hydrogen-bond acceptors (Lipinski definition) is 1. The molecule has 0 aromatic rings. The van der Waals surface area contributed by atoms with Gasteiger partial charge in [0.05, 0.1) is 0 Å². The zero-order chi connectivity index (χ0) is 8.36. The molecule has 0 amide bonds. The molecule has 0 fully saturated rings. The predicted octanol–water partition coefficient (Wildman–Crippen LogP) is 4.05. The van der Waals surface area contributed by atoms with E-state index in [1.807, 2.05) is 17.8 Å². The van der Waals surface area contributed by atoms with Crippen molar-refractivity contribution in [3.63, 3.8) is 0 Å². The van der Waals surface area contributed by atoms with Crippen LogP contribution in [0.1, 0.15) is 32.6 Å². The van der Waals surface area contributed by atoms with Crippen molar-refractivity contribution in [3.05, 3.63) is 11.5 Å². The Morgan fingerprint density at radius 3 is 2.73 bits per heavy atom. The Kier molecular flexibility index (Phi) is 10.7. The maximum absolute atomic E-state index is 5.46. The summed E-state index contributed by atoms with van der Waals surface area (Å²) in [7, 11) is 0. The normalized spacial score (nSPS) is 11.1. The molecule has 0 atom stereocenters. The Hall–Kier alpha value is 0.380. The molecule has 0 aliphatic heterocycles. The molecule has 0 aliphatic carbocycles. The number of alkyl halides is 1. The van der Waals surface area contributed by atoms with E-state index in [0.717, 1.165) is 0 Å². The molecule has 0 aromatic heterocycles. The molecule has 0 nitrogen and oxygen atoms in total. The van der Waals surface area contributed by atoms with Crippen LogP contribution in [0.2, 0.25) is 0 Å². The van der Waals surface area contributed by atoms with Gasteiger partial charge in [-0.15, -0.1) is 23.4 Å². The average Bonchev–Trinajstić information content (AvgIpc) is 2.03. The molecular formula is C9H17ClS. The van der Waals surface area contributed by atoms with Crippen LogP contribution < -0.4 is 0 Å². The van der Waals surface area contributed by atoms with Gasteiger partial charge in [-0.2, -0.15) is 0 Å². The summed E-state index contributed by atoms with van der Waals surface area (Å²) in [6, 6.07) is 0. The van der Waals surface area contributed by atoms with Crippen molar-refractivity contribution in [1.29, 1.82) is 0 Å². The van der Waals surface area contributed by atoms with E-state index >= 15 is 0 Å². The average molecular weight is 193 g/mol. The van der Waals surface area contributed by atoms with Crippen LogP contribution in [-0.2, 0) is 0 Å². The summed E-state index contributed by atoms with van der Waals surface area (Å²) < 4.78 is 0. The van der Waals surface area contributed by atoms with E-state index in [-0.39, 0.29) is 0 Å². The minimum Gasteiger partial charge on any atom is -0.134 e. The summed E-state index contributed by atoms with van der Waals surface area (Å²) in [5.74, 6) is 1.88. The zero-order valence-electron chi connectivity index (χ0n) is 7.18. The van der Waals surface area contributed by atoms with Crippen LogP contribution in [0.15, 0.2) is 11.5 Å². The number of unbranched alkanes of at least 4 members (excludes halogenated alkanes) is 3. The van der Waals surface area contributed by atoms with Crippen molar-refractivity contribution < 1.29 is 0 Å². The molecule has 0 unspecified atom stereocenters. The first kappa shape index (κ1) is 11.4. The Morgan fingerprint density at radius 2 is 2.09 bits per heavy atom. The highest BCUT2D eigenvalue weighted by Gasteiger charge is 1.85. The molecular weight excluding hydrogens is 176 g/mol. The quantitative estimate of drug-likeness (QED) is 0.433. The first-order valence-electron chi connectivity index (χ1n) is 4.24. The second-order valence-corrected chi connectivity index (χ2v) is 3.78. The van der Waals surface area contributed by atoms with E-state index < -0.39 is 0 Å². The molecule has 0 spiro atoms. The minimum atomic E-state index is 0.641. The topological polar surface area (TPSA) is 0 Å². The molecule has 0 aliphatic rings. The van der Waals surface area contributed by atoms with Gasteiger partial charge >= 0.3 is 0 Å². The van der Waals surface area contributed by atoms with Gasteiger partial charge in [-0.3, -0.25) is 0 Å². The fraction of sp³-hybridized carbons (Fsp3) is 0.778. The Morgan fingerprint density at radius 1 is 1.27 bits per heavy atom. The van der Waals surface area contributed by atoms with Crippen LogP contribution in [0.4, 0.5) is 0 Å². The molecule has 2 heteroatoms. The highest BCUT2D eigenvalue weighted by Crippen LogP contribution is 2.08. The van der Waals surface area contributed by atoms with E-state index in [1.165, 1.54) is 31.4 Å². The van der Waals surface area contributed by atoms with Crippen molar-refractivity contribution in [2.45, 2.75) is 32.6 Å². The molecule has 66 valence electrons. The minimum absolute atomic E-state index is 0.641. The van der Waals surface area contributed by atoms with Gasteiger partial charge in [-0.05, 0) is 17.6 Å². The van der Waals surface area contributed by atoms with Crippen LogP contribution in [0.3, 0.4) is 0 Å². The fourth-order valence-electron chi connectivity index (χ4n) is 0.785. The van der Waals surface area contributed by atoms with Gasteiger partial charge < -0.3 is 0 Å². The standard InChI is InChI=1S/C9H17ClS/c1-2-3-4-5-8-11-9-6-7-10/h6,9H,2-5,7-8H2,1H3. The van der Waals surface area contributed by atoms with Gasteiger partial charge in [0.15, 0.2) is 0 Å². The molecule has 0 rings (SSSR count). The zero-order valence-corrected chi connectivity index (χ0v) is 8.76. The maximum Gasteiger partial charge on any atom is 0.0412 e. The fourth-order valence-corrected chi connectivity index (χ4v) is 1.72. The van der Waals surface area contributed by atoms with E-state index in [4.69, 9.17) is 11.6 Å². The summed E-state index contributed by atoms with van der Waals surface area (Å²) in [5, 5.41) is 2.10. The van der Waals surface area contributed by atoms with Crippen molar-refractivity contribution >= 4 is 23.4 Å². The van der Waals surface area contributed by atoms with Gasteiger partial charge in [0.25, 0.3) is 0 Å². The largest absolute Gasteiger partial charge is 0.134 e. The van der Waals surface area contributed by atoms with Gasteiger partial charge in [-0.25, -0.2) is 0 Å². The third kappa shape index (κ3) is 10.4. The summed E-state index contributed by atoms with van der Waals surface area (Å²) in [6.07, 6.45) is 7.40. The summed E-state index contributed by atoms with van der Waals surface area (Å²) in [5.41, 5.74) is 0. The Bertz CT molecular complexity index is 91.6. The predicted molar refractivity (Wildman–Crippen MR) is 56.5 cm³/mol. The number of allylic oxidation sites excluding steroid dienone is 1. The lowest BCUT2D eigenvalue weighted by Gasteiger charge is -1.95. The van der Waals surface area contributed by atoms with Crippen LogP contribution in [0.25, 0.3) is 0 Å². The van der Waals surface area contributed by atoms with Gasteiger partial charge in [0.1, 0.15) is 0 Å². The third-order valence-electron chi connectivity index (χ3n) is 1.40. The van der Waals surface area contributed by atoms with Crippen LogP contribution in [0, 0.1) is 0 Å². The molecule has 0 radical (unpaired) electrons. The lowest BCUT2D eigenvalue weighted by atomic mass is 10.2. The molecule has 0 saturated carbocycles. The van der Waals surface area contributed by atoms with E-state index in [0.29, 0.717) is 5.88 Å². The van der Waals surface area contributed by atoms with Crippen LogP contribution in [-0.4, -0.2) is 11.6 Å². The van der Waals surface area contributed by atoms with Gasteiger partial charge in [0.2, 0.25) is 0 Å². The molecule has 11 heavy (non-hydrogen) atoms. The summed E-state index contributed by atoms with van der Waals surface area (Å²) in [4.78, 5) is 0. The van der Waals surface area contributed by atoms with E-state index in [2.05, 4.69) is 12.3 Å². The molecule has 0 aromatic carbocycles. The lowest BCUT2D eigenvalue weighted by Crippen LogP contribution is -1.77. The van der Waals surface area contributed by atoms with Crippen molar-refractivity contribution in [2.75, 3.05) is 11.6 Å². The number of halogens is 1. The second kappa shape index (κ2) is 10.4. The number of thioether (sulfide) groups is 1. The Balaban J connectivity index is 2.85. The first-order valence-corrected chi connectivity index (χ1v) is 5.82. The molecule has 0 bridgehead atoms. The third-order valence-corrected chi connectivity index (χ3v) is 2.48. The lowest BCUT2D eigenvalue weighted by molar-refractivity contribution is 0.707. The smallest absolute Gasteiger partial charge is 0.0412 e. The van der Waals surface area contributed by atoms with Crippen LogP contribution >= 0.6 is 23.4 Å². The highest BCUT2D eigenvalue weighted by molar-refractivity contribution is 8.02. The van der Waals surface area contributed by atoms with E-state index in [1.54, 1.807) is 0 Å². The molecule has 0 N–H and O–H groups in total. The van der Waals surface area contributed by atoms with E-state index in [9.17, 15) is 0 Å². The van der Waals surface area contributed by atoms with Crippen molar-refractivity contribution in [2.24, 2.45) is 0 Å². The van der Waals surface area contributed by atoms with Gasteiger partial charge in [-0.1, -0.05) is 32.3 Å². The maximum atomic E-state index is 5.46. The first-order chi connectivity index (χ1) is 5.41. The summed E-state index contributed by atoms with van der Waals surface area (Å²) >= 11 is 7.33. The Labute approximate surface area is 79.4 Å². The van der Waals surface area contributed by atoms with Crippen LogP contribution in [0.5, 0.6) is 0 Å². The molecule has 0 heterocycles. The second-order valence-electron chi connectivity index (χ2n) is 2.46. The highest BCUT2D eigenvalue weighted by atomic mass is 35.5. The van der Waals surface area contributed by atoms with Crippen molar-refractivity contribution in [3.8, 4) is 0 Å². The monoisotopic (exact) mass is 192 g/mol. The number of hydrogen-bond donors (Lipinski definition) is 0. The van der Waals surface area contributed by atoms with Gasteiger partial charge in [0, 0.05) is 5.88 Å². The number of rotatable bonds is 7. The SMILES string of the molecule is CCCCCCSC=CCCl. The summed E-state index contributed by atoms with van der Waals surface area (Å²) in [6.45, 7) is 2.24.